The first kappa shape index (κ1) is 10.1. The topological polar surface area (TPSA) is 40.7 Å². The van der Waals surface area contributed by atoms with Gasteiger partial charge in [0.25, 0.3) is 0 Å². The van der Waals surface area contributed by atoms with Gasteiger partial charge in [-0.05, 0) is 18.6 Å². The van der Waals surface area contributed by atoms with Gasteiger partial charge in [0.15, 0.2) is 0 Å². The molecular weight excluding hydrogens is 194 g/mol. The molecule has 0 saturated carbocycles. The number of nitrogens with zero attached hydrogens (tertiary/aromatic N) is 1. The highest BCUT2D eigenvalue weighted by atomic mass is 32.2. The molecule has 2 rings (SSSR count). The van der Waals surface area contributed by atoms with Crippen molar-refractivity contribution in [3.8, 4) is 0 Å². The van der Waals surface area contributed by atoms with Crippen molar-refractivity contribution < 1.29 is 0 Å². The third-order valence-corrected chi connectivity index (χ3v) is 4.10. The number of hydrogen-bond donors (Lipinski definition) is 2. The first-order chi connectivity index (χ1) is 6.86. The minimum atomic E-state index is 0.664. The van der Waals surface area contributed by atoms with Gasteiger partial charge in [-0.1, -0.05) is 6.92 Å². The molecule has 0 amide bonds. The van der Waals surface area contributed by atoms with Crippen LogP contribution in [0.25, 0.3) is 0 Å². The van der Waals surface area contributed by atoms with Gasteiger partial charge in [-0.25, -0.2) is 4.98 Å². The summed E-state index contributed by atoms with van der Waals surface area (Å²) in [5.74, 6) is 1.32. The lowest BCUT2D eigenvalue weighted by Crippen LogP contribution is -2.38. The highest BCUT2D eigenvalue weighted by Crippen LogP contribution is 2.25. The summed E-state index contributed by atoms with van der Waals surface area (Å²) < 4.78 is 0. The number of thioether (sulfide) groups is 1. The van der Waals surface area contributed by atoms with Crippen LogP contribution in [0.15, 0.2) is 12.5 Å². The molecule has 2 heterocycles. The lowest BCUT2D eigenvalue weighted by molar-refractivity contribution is 0.459. The molecule has 1 fully saturated rings. The molecule has 14 heavy (non-hydrogen) atoms. The maximum atomic E-state index is 4.00. The van der Waals surface area contributed by atoms with Gasteiger partial charge in [-0.2, -0.15) is 11.8 Å². The van der Waals surface area contributed by atoms with Crippen molar-refractivity contribution in [3.63, 3.8) is 0 Å². The number of nitrogens with one attached hydrogen (secondary N) is 2. The van der Waals surface area contributed by atoms with E-state index in [2.05, 4.69) is 34.0 Å². The first-order valence-electron chi connectivity index (χ1n) is 5.18. The molecule has 1 aromatic rings. The minimum absolute atomic E-state index is 0.664. The van der Waals surface area contributed by atoms with Crippen LogP contribution in [0.3, 0.4) is 0 Å². The van der Waals surface area contributed by atoms with E-state index in [9.17, 15) is 0 Å². The van der Waals surface area contributed by atoms with Gasteiger partial charge < -0.3 is 10.3 Å². The Hall–Kier alpha value is -0.480. The Labute approximate surface area is 89.1 Å². The van der Waals surface area contributed by atoms with Crippen LogP contribution < -0.4 is 5.32 Å². The van der Waals surface area contributed by atoms with Crippen LogP contribution in [0.4, 0.5) is 0 Å². The van der Waals surface area contributed by atoms with E-state index in [0.717, 1.165) is 11.8 Å². The monoisotopic (exact) mass is 211 g/mol. The van der Waals surface area contributed by atoms with E-state index in [-0.39, 0.29) is 0 Å². The van der Waals surface area contributed by atoms with Gasteiger partial charge in [-0.3, -0.25) is 0 Å². The molecule has 2 atom stereocenters. The molecule has 1 saturated heterocycles. The van der Waals surface area contributed by atoms with Crippen LogP contribution in [0.1, 0.15) is 25.5 Å². The summed E-state index contributed by atoms with van der Waals surface area (Å²) in [6.45, 7) is 3.23. The second-order valence-corrected chi connectivity index (χ2v) is 5.27. The molecular formula is C10H17N3S. The molecule has 4 heteroatoms. The SMILES string of the molecule is CC1SCCCC1NCc1cnc[nH]1. The fourth-order valence-corrected chi connectivity index (χ4v) is 2.98. The predicted molar refractivity (Wildman–Crippen MR) is 60.4 cm³/mol. The smallest absolute Gasteiger partial charge is 0.0922 e. The van der Waals surface area contributed by atoms with Crippen molar-refractivity contribution in [2.24, 2.45) is 0 Å². The van der Waals surface area contributed by atoms with Crippen molar-refractivity contribution in [2.45, 2.75) is 37.6 Å². The standard InChI is InChI=1S/C10H17N3S/c1-8-10(3-2-4-14-8)12-6-9-5-11-7-13-9/h5,7-8,10,12H,2-4,6H2,1H3,(H,11,13). The van der Waals surface area contributed by atoms with E-state index in [0.29, 0.717) is 6.04 Å². The van der Waals surface area contributed by atoms with Crippen molar-refractivity contribution in [2.75, 3.05) is 5.75 Å². The normalized spacial score (nSPS) is 27.8. The van der Waals surface area contributed by atoms with E-state index in [4.69, 9.17) is 0 Å². The van der Waals surface area contributed by atoms with Crippen LogP contribution >= 0.6 is 11.8 Å². The van der Waals surface area contributed by atoms with E-state index < -0.39 is 0 Å². The second-order valence-electron chi connectivity index (χ2n) is 3.78. The molecule has 0 bridgehead atoms. The van der Waals surface area contributed by atoms with Gasteiger partial charge >= 0.3 is 0 Å². The number of aromatic amines is 1. The summed E-state index contributed by atoms with van der Waals surface area (Å²) in [5.41, 5.74) is 1.17. The van der Waals surface area contributed by atoms with E-state index in [1.807, 2.05) is 6.20 Å². The summed E-state index contributed by atoms with van der Waals surface area (Å²) in [4.78, 5) is 7.12. The van der Waals surface area contributed by atoms with Crippen molar-refractivity contribution in [1.29, 1.82) is 0 Å². The quantitative estimate of drug-likeness (QED) is 0.800. The van der Waals surface area contributed by atoms with E-state index in [1.54, 1.807) is 6.33 Å². The van der Waals surface area contributed by atoms with Crippen molar-refractivity contribution in [1.82, 2.24) is 15.3 Å². The Bertz CT molecular complexity index is 260. The van der Waals surface area contributed by atoms with Crippen LogP contribution in [0.5, 0.6) is 0 Å². The fourth-order valence-electron chi connectivity index (χ4n) is 1.81. The Morgan fingerprint density at radius 3 is 3.36 bits per heavy atom. The maximum absolute atomic E-state index is 4.00. The molecule has 0 radical (unpaired) electrons. The number of H-pyrrole nitrogens is 1. The van der Waals surface area contributed by atoms with Crippen LogP contribution in [-0.2, 0) is 6.54 Å². The van der Waals surface area contributed by atoms with E-state index >= 15 is 0 Å². The fraction of sp³-hybridized carbons (Fsp3) is 0.700. The van der Waals surface area contributed by atoms with Crippen LogP contribution in [0, 0.1) is 0 Å². The van der Waals surface area contributed by atoms with Crippen LogP contribution in [0.2, 0.25) is 0 Å². The third-order valence-electron chi connectivity index (χ3n) is 2.72. The second kappa shape index (κ2) is 4.84. The third kappa shape index (κ3) is 2.51. The molecule has 1 aliphatic heterocycles. The lowest BCUT2D eigenvalue weighted by Gasteiger charge is -2.29. The Morgan fingerprint density at radius 2 is 2.64 bits per heavy atom. The summed E-state index contributed by atoms with van der Waals surface area (Å²) >= 11 is 2.08. The lowest BCUT2D eigenvalue weighted by atomic mass is 10.1. The average molecular weight is 211 g/mol. The number of imidazole rings is 1. The van der Waals surface area contributed by atoms with Gasteiger partial charge in [0.1, 0.15) is 0 Å². The average Bonchev–Trinajstić information content (AvgIpc) is 2.69. The van der Waals surface area contributed by atoms with Gasteiger partial charge in [0, 0.05) is 29.7 Å². The molecule has 0 aromatic carbocycles. The molecule has 0 aliphatic carbocycles. The molecule has 78 valence electrons. The molecule has 2 unspecified atom stereocenters. The molecule has 3 nitrogen and oxygen atoms in total. The van der Waals surface area contributed by atoms with Gasteiger partial charge in [0.2, 0.25) is 0 Å². The summed E-state index contributed by atoms with van der Waals surface area (Å²) in [6.07, 6.45) is 6.27. The van der Waals surface area contributed by atoms with Crippen molar-refractivity contribution in [3.05, 3.63) is 18.2 Å². The highest BCUT2D eigenvalue weighted by molar-refractivity contribution is 7.99. The van der Waals surface area contributed by atoms with Gasteiger partial charge in [-0.15, -0.1) is 0 Å². The number of rotatable bonds is 3. The van der Waals surface area contributed by atoms with E-state index in [1.165, 1.54) is 24.3 Å². The summed E-state index contributed by atoms with van der Waals surface area (Å²) in [7, 11) is 0. The minimum Gasteiger partial charge on any atom is -0.347 e. The number of hydrogen-bond acceptors (Lipinski definition) is 3. The summed E-state index contributed by atoms with van der Waals surface area (Å²) in [6, 6.07) is 0.664. The molecule has 0 spiro atoms. The van der Waals surface area contributed by atoms with Crippen LogP contribution in [-0.4, -0.2) is 27.0 Å². The first-order valence-corrected chi connectivity index (χ1v) is 6.23. The van der Waals surface area contributed by atoms with Gasteiger partial charge in [0.05, 0.1) is 6.33 Å². The Balaban J connectivity index is 1.79. The summed E-state index contributed by atoms with van der Waals surface area (Å²) in [5, 5.41) is 4.32. The Kier molecular flexibility index (Phi) is 3.48. The predicted octanol–water partition coefficient (Wildman–Crippen LogP) is 1.78. The zero-order valence-corrected chi connectivity index (χ0v) is 9.31. The number of aromatic nitrogens is 2. The maximum Gasteiger partial charge on any atom is 0.0922 e. The molecule has 2 N–H and O–H groups in total. The molecule has 1 aliphatic rings. The van der Waals surface area contributed by atoms with Crippen molar-refractivity contribution >= 4 is 11.8 Å². The Morgan fingerprint density at radius 1 is 1.71 bits per heavy atom. The highest BCUT2D eigenvalue weighted by Gasteiger charge is 2.20. The zero-order chi connectivity index (χ0) is 9.80. The molecule has 1 aromatic heterocycles. The largest absolute Gasteiger partial charge is 0.347 e. The zero-order valence-electron chi connectivity index (χ0n) is 8.49.